The maximum Gasteiger partial charge on any atom is 0.131 e. The van der Waals surface area contributed by atoms with Gasteiger partial charge in [0.1, 0.15) is 5.15 Å². The second kappa shape index (κ2) is 5.13. The van der Waals surface area contributed by atoms with Crippen molar-refractivity contribution in [1.82, 2.24) is 9.78 Å². The third-order valence-electron chi connectivity index (χ3n) is 4.07. The van der Waals surface area contributed by atoms with E-state index < -0.39 is 0 Å². The van der Waals surface area contributed by atoms with Crippen molar-refractivity contribution < 1.29 is 0 Å². The predicted molar refractivity (Wildman–Crippen MR) is 83.5 cm³/mol. The predicted octanol–water partition coefficient (Wildman–Crippen LogP) is 3.64. The molecule has 20 heavy (non-hydrogen) atoms. The Kier molecular flexibility index (Phi) is 3.47. The van der Waals surface area contributed by atoms with Gasteiger partial charge in [-0.1, -0.05) is 29.3 Å². The fourth-order valence-electron chi connectivity index (χ4n) is 3.01. The zero-order valence-electron chi connectivity index (χ0n) is 12.3. The summed E-state index contributed by atoms with van der Waals surface area (Å²) in [6.07, 6.45) is 2.38. The fourth-order valence-corrected chi connectivity index (χ4v) is 3.25. The van der Waals surface area contributed by atoms with Crippen molar-refractivity contribution in [1.29, 1.82) is 0 Å². The Bertz CT molecular complexity index is 645. The van der Waals surface area contributed by atoms with Gasteiger partial charge in [-0.2, -0.15) is 5.10 Å². The van der Waals surface area contributed by atoms with Gasteiger partial charge in [-0.15, -0.1) is 0 Å². The first-order valence-corrected chi connectivity index (χ1v) is 7.46. The van der Waals surface area contributed by atoms with Crippen LogP contribution in [0.5, 0.6) is 0 Å². The van der Waals surface area contributed by atoms with E-state index >= 15 is 0 Å². The second-order valence-electron chi connectivity index (χ2n) is 5.64. The van der Waals surface area contributed by atoms with Crippen molar-refractivity contribution >= 4 is 17.3 Å². The van der Waals surface area contributed by atoms with Crippen LogP contribution in [0.4, 0.5) is 5.69 Å². The van der Waals surface area contributed by atoms with Crippen molar-refractivity contribution in [2.24, 2.45) is 7.05 Å². The molecule has 0 atom stereocenters. The van der Waals surface area contributed by atoms with Crippen LogP contribution in [0.3, 0.4) is 0 Å². The van der Waals surface area contributed by atoms with Crippen LogP contribution in [0, 0.1) is 13.8 Å². The fraction of sp³-hybridized carbons (Fsp3) is 0.438. The highest BCUT2D eigenvalue weighted by molar-refractivity contribution is 6.30. The number of aromatic nitrogens is 2. The van der Waals surface area contributed by atoms with Crippen molar-refractivity contribution in [3.63, 3.8) is 0 Å². The molecule has 106 valence electrons. The summed E-state index contributed by atoms with van der Waals surface area (Å²) in [5.41, 5.74) is 6.30. The van der Waals surface area contributed by atoms with E-state index in [9.17, 15) is 0 Å². The van der Waals surface area contributed by atoms with E-state index in [-0.39, 0.29) is 0 Å². The largest absolute Gasteiger partial charge is 0.367 e. The summed E-state index contributed by atoms with van der Waals surface area (Å²) >= 11 is 6.36. The SMILES string of the molecule is Cc1ccc2c(c1)CCCN2Cc1c(C)nn(C)c1Cl. The highest BCUT2D eigenvalue weighted by Gasteiger charge is 2.20. The summed E-state index contributed by atoms with van der Waals surface area (Å²) in [5, 5.41) is 5.16. The lowest BCUT2D eigenvalue weighted by Gasteiger charge is -2.31. The molecule has 0 aliphatic carbocycles. The molecule has 2 aromatic rings. The minimum Gasteiger partial charge on any atom is -0.367 e. The molecule has 0 radical (unpaired) electrons. The zero-order chi connectivity index (χ0) is 14.3. The molecule has 1 aromatic heterocycles. The number of anilines is 1. The number of nitrogens with zero attached hydrogens (tertiary/aromatic N) is 3. The van der Waals surface area contributed by atoms with Crippen LogP contribution in [0.25, 0.3) is 0 Å². The van der Waals surface area contributed by atoms with Crippen LogP contribution >= 0.6 is 11.6 Å². The van der Waals surface area contributed by atoms with E-state index in [1.54, 1.807) is 4.68 Å². The molecule has 1 aliphatic rings. The lowest BCUT2D eigenvalue weighted by molar-refractivity contribution is 0.689. The molecule has 0 N–H and O–H groups in total. The topological polar surface area (TPSA) is 21.1 Å². The van der Waals surface area contributed by atoms with Crippen molar-refractivity contribution in [2.45, 2.75) is 33.2 Å². The first-order valence-electron chi connectivity index (χ1n) is 7.08. The van der Waals surface area contributed by atoms with Gasteiger partial charge in [-0.3, -0.25) is 4.68 Å². The van der Waals surface area contributed by atoms with Crippen molar-refractivity contribution in [3.8, 4) is 0 Å². The van der Waals surface area contributed by atoms with Crippen LogP contribution in [0.1, 0.15) is 28.8 Å². The third kappa shape index (κ3) is 2.31. The van der Waals surface area contributed by atoms with Gasteiger partial charge in [-0.05, 0) is 38.3 Å². The van der Waals surface area contributed by atoms with Gasteiger partial charge in [0.25, 0.3) is 0 Å². The number of rotatable bonds is 2. The molecular formula is C16H20ClN3. The standard InChI is InChI=1S/C16H20ClN3/c1-11-6-7-15-13(9-11)5-4-8-20(15)10-14-12(2)18-19(3)16(14)17/h6-7,9H,4-5,8,10H2,1-3H3. The Labute approximate surface area is 125 Å². The molecule has 0 saturated heterocycles. The van der Waals surface area contributed by atoms with E-state index in [0.717, 1.165) is 29.5 Å². The minimum absolute atomic E-state index is 0.752. The molecule has 2 heterocycles. The molecule has 4 heteroatoms. The van der Waals surface area contributed by atoms with Gasteiger partial charge in [-0.25, -0.2) is 0 Å². The van der Waals surface area contributed by atoms with Gasteiger partial charge in [0.2, 0.25) is 0 Å². The molecule has 0 fully saturated rings. The minimum atomic E-state index is 0.752. The molecule has 0 spiro atoms. The van der Waals surface area contributed by atoms with Gasteiger partial charge < -0.3 is 4.90 Å². The molecule has 0 bridgehead atoms. The average Bonchev–Trinajstić information content (AvgIpc) is 2.65. The summed E-state index contributed by atoms with van der Waals surface area (Å²) < 4.78 is 1.76. The number of hydrogen-bond acceptors (Lipinski definition) is 2. The summed E-state index contributed by atoms with van der Waals surface area (Å²) in [5.74, 6) is 0. The Hall–Kier alpha value is -1.48. The van der Waals surface area contributed by atoms with Gasteiger partial charge >= 0.3 is 0 Å². The number of halogens is 1. The smallest absolute Gasteiger partial charge is 0.131 e. The summed E-state index contributed by atoms with van der Waals surface area (Å²) in [4.78, 5) is 2.42. The monoisotopic (exact) mass is 289 g/mol. The molecular weight excluding hydrogens is 270 g/mol. The first kappa shape index (κ1) is 13.5. The van der Waals surface area contributed by atoms with Gasteiger partial charge in [0, 0.05) is 31.4 Å². The highest BCUT2D eigenvalue weighted by atomic mass is 35.5. The van der Waals surface area contributed by atoms with Gasteiger partial charge in [0.05, 0.1) is 5.69 Å². The zero-order valence-corrected chi connectivity index (χ0v) is 13.0. The van der Waals surface area contributed by atoms with Gasteiger partial charge in [0.15, 0.2) is 0 Å². The summed E-state index contributed by atoms with van der Waals surface area (Å²) in [6.45, 7) is 6.11. The summed E-state index contributed by atoms with van der Waals surface area (Å²) in [6, 6.07) is 6.73. The first-order chi connectivity index (χ1) is 9.56. The average molecular weight is 290 g/mol. The lowest BCUT2D eigenvalue weighted by atomic mass is 9.99. The second-order valence-corrected chi connectivity index (χ2v) is 5.99. The molecule has 0 saturated carbocycles. The van der Waals surface area contributed by atoms with Crippen molar-refractivity contribution in [3.05, 3.63) is 45.7 Å². The number of benzene rings is 1. The summed E-state index contributed by atoms with van der Waals surface area (Å²) in [7, 11) is 1.90. The Morgan fingerprint density at radius 1 is 1.30 bits per heavy atom. The van der Waals surface area contributed by atoms with Crippen molar-refractivity contribution in [2.75, 3.05) is 11.4 Å². The van der Waals surface area contributed by atoms with E-state index in [1.807, 2.05) is 14.0 Å². The Morgan fingerprint density at radius 2 is 2.10 bits per heavy atom. The Morgan fingerprint density at radius 3 is 2.80 bits per heavy atom. The molecule has 1 aliphatic heterocycles. The lowest BCUT2D eigenvalue weighted by Crippen LogP contribution is -2.29. The quantitative estimate of drug-likeness (QED) is 0.841. The normalized spacial score (nSPS) is 14.5. The van der Waals surface area contributed by atoms with Crippen LogP contribution in [0.2, 0.25) is 5.15 Å². The molecule has 0 amide bonds. The number of fused-ring (bicyclic) bond motifs is 1. The molecule has 1 aromatic carbocycles. The maximum absolute atomic E-state index is 6.36. The highest BCUT2D eigenvalue weighted by Crippen LogP contribution is 2.31. The number of hydrogen-bond donors (Lipinski definition) is 0. The van der Waals surface area contributed by atoms with Crippen LogP contribution in [-0.2, 0) is 20.0 Å². The molecule has 3 nitrogen and oxygen atoms in total. The molecule has 3 rings (SSSR count). The molecule has 0 unspecified atom stereocenters. The van der Waals surface area contributed by atoms with Crippen LogP contribution < -0.4 is 4.90 Å². The van der Waals surface area contributed by atoms with E-state index in [4.69, 9.17) is 11.6 Å². The maximum atomic E-state index is 6.36. The van der Waals surface area contributed by atoms with E-state index in [0.29, 0.717) is 0 Å². The van der Waals surface area contributed by atoms with E-state index in [2.05, 4.69) is 35.1 Å². The third-order valence-corrected chi connectivity index (χ3v) is 4.54. The van der Waals surface area contributed by atoms with Crippen LogP contribution in [0.15, 0.2) is 18.2 Å². The van der Waals surface area contributed by atoms with Crippen LogP contribution in [-0.4, -0.2) is 16.3 Å². The Balaban J connectivity index is 1.93. The van der Waals surface area contributed by atoms with E-state index in [1.165, 1.54) is 29.7 Å². The number of aryl methyl sites for hydroxylation is 4.